The largest absolute Gasteiger partial charge is 0.325 e. The molecule has 0 bridgehead atoms. The normalized spacial score (nSPS) is 19.4. The van der Waals surface area contributed by atoms with Crippen molar-refractivity contribution in [2.75, 3.05) is 10.2 Å². The summed E-state index contributed by atoms with van der Waals surface area (Å²) in [7, 11) is 0. The molecule has 3 aromatic carbocycles. The van der Waals surface area contributed by atoms with Crippen LogP contribution in [0.2, 0.25) is 0 Å². The number of nitro groups is 1. The van der Waals surface area contributed by atoms with Gasteiger partial charge in [-0.1, -0.05) is 86.3 Å². The third-order valence-corrected chi connectivity index (χ3v) is 10.5. The van der Waals surface area contributed by atoms with E-state index in [1.807, 2.05) is 30.3 Å². The van der Waals surface area contributed by atoms with Crippen LogP contribution in [0.1, 0.15) is 42.7 Å². The summed E-state index contributed by atoms with van der Waals surface area (Å²) in [5, 5.41) is 13.6. The van der Waals surface area contributed by atoms with E-state index in [-0.39, 0.29) is 28.2 Å². The Balaban J connectivity index is 1.42. The first-order chi connectivity index (χ1) is 20.9. The average Bonchev–Trinajstić information content (AvgIpc) is 3.43. The van der Waals surface area contributed by atoms with Gasteiger partial charge in [-0.25, -0.2) is 4.90 Å². The monoisotopic (exact) mass is 628 g/mol. The molecule has 3 atom stereocenters. The number of imide groups is 1. The second kappa shape index (κ2) is 11.2. The van der Waals surface area contributed by atoms with Crippen molar-refractivity contribution >= 4 is 57.9 Å². The smallest absolute Gasteiger partial charge is 0.308 e. The predicted molar refractivity (Wildman–Crippen MR) is 169 cm³/mol. The number of aromatic nitrogens is 1. The Hall–Kier alpha value is -4.55. The Morgan fingerprint density at radius 2 is 1.59 bits per heavy atom. The molecule has 1 N–H and O–H groups in total. The fourth-order valence-electron chi connectivity index (χ4n) is 5.65. The minimum absolute atomic E-state index is 0.110. The molecule has 6 rings (SSSR count). The van der Waals surface area contributed by atoms with Crippen molar-refractivity contribution in [3.8, 4) is 0 Å². The lowest BCUT2D eigenvalue weighted by Gasteiger charge is -2.31. The number of fused-ring (bicyclic) bond motifs is 2. The van der Waals surface area contributed by atoms with Crippen LogP contribution >= 0.6 is 23.1 Å². The first-order valence-electron chi connectivity index (χ1n) is 13.9. The Morgan fingerprint density at radius 3 is 2.20 bits per heavy atom. The van der Waals surface area contributed by atoms with Gasteiger partial charge in [0.05, 0.1) is 21.6 Å². The summed E-state index contributed by atoms with van der Waals surface area (Å²) in [6.45, 7) is 6.04. The van der Waals surface area contributed by atoms with Crippen molar-refractivity contribution in [2.24, 2.45) is 5.92 Å². The minimum atomic E-state index is -0.866. The number of rotatable bonds is 6. The second-order valence-corrected chi connectivity index (χ2v) is 13.9. The molecule has 10 nitrogen and oxygen atoms in total. The van der Waals surface area contributed by atoms with Crippen LogP contribution in [-0.2, 0) is 26.3 Å². The number of anilines is 2. The van der Waals surface area contributed by atoms with Crippen LogP contribution in [-0.4, -0.2) is 32.5 Å². The molecule has 0 spiro atoms. The quantitative estimate of drug-likeness (QED) is 0.168. The van der Waals surface area contributed by atoms with Gasteiger partial charge in [0.2, 0.25) is 17.7 Å². The van der Waals surface area contributed by atoms with Gasteiger partial charge in [-0.05, 0) is 40.8 Å². The van der Waals surface area contributed by atoms with E-state index in [1.54, 1.807) is 24.3 Å². The van der Waals surface area contributed by atoms with Gasteiger partial charge in [0.25, 0.3) is 5.69 Å². The van der Waals surface area contributed by atoms with Crippen molar-refractivity contribution in [3.05, 3.63) is 115 Å². The molecule has 0 aliphatic carbocycles. The van der Waals surface area contributed by atoms with E-state index in [2.05, 4.69) is 26.1 Å². The van der Waals surface area contributed by atoms with E-state index in [4.69, 9.17) is 0 Å². The summed E-state index contributed by atoms with van der Waals surface area (Å²) in [5.41, 5.74) is 2.44. The van der Waals surface area contributed by atoms with Crippen LogP contribution in [0.5, 0.6) is 0 Å². The van der Waals surface area contributed by atoms with Gasteiger partial charge >= 0.3 is 4.87 Å². The summed E-state index contributed by atoms with van der Waals surface area (Å²) in [4.78, 5) is 66.4. The molecule has 224 valence electrons. The molecule has 1 saturated heterocycles. The number of carbonyl (C=O) groups excluding carboxylic acids is 3. The summed E-state index contributed by atoms with van der Waals surface area (Å²) in [5.74, 6) is -2.74. The number of thioether (sulfide) groups is 1. The SMILES string of the molecule is CC(C)(C)c1ccc([C@@H]2c3sc(=O)n(CC(=O)Nc4ccccc4)c3S[C@H]3C(=O)N(c4ccc([N+](=O)[O-])cc4)C(=O)[C@@H]23)cc1. The van der Waals surface area contributed by atoms with E-state index in [1.165, 1.54) is 28.8 Å². The number of nitrogens with zero attached hydrogens (tertiary/aromatic N) is 3. The zero-order valence-electron chi connectivity index (χ0n) is 24.1. The van der Waals surface area contributed by atoms with E-state index in [0.29, 0.717) is 15.6 Å². The third kappa shape index (κ3) is 5.24. The van der Waals surface area contributed by atoms with Crippen molar-refractivity contribution < 1.29 is 19.3 Å². The number of hydrogen-bond acceptors (Lipinski definition) is 8. The molecule has 3 heterocycles. The molecule has 12 heteroatoms. The molecule has 4 aromatic rings. The molecule has 0 saturated carbocycles. The van der Waals surface area contributed by atoms with E-state index >= 15 is 0 Å². The number of benzene rings is 3. The fourth-order valence-corrected chi connectivity index (χ4v) is 8.42. The maximum absolute atomic E-state index is 14.1. The van der Waals surface area contributed by atoms with E-state index in [9.17, 15) is 29.3 Å². The highest BCUT2D eigenvalue weighted by Gasteiger charge is 2.56. The Labute approximate surface area is 260 Å². The highest BCUT2D eigenvalue weighted by Crippen LogP contribution is 2.54. The lowest BCUT2D eigenvalue weighted by Crippen LogP contribution is -2.33. The number of para-hydroxylation sites is 1. The zero-order chi connectivity index (χ0) is 31.3. The van der Waals surface area contributed by atoms with Gasteiger partial charge in [-0.2, -0.15) is 0 Å². The van der Waals surface area contributed by atoms with E-state index < -0.39 is 39.7 Å². The first kappa shape index (κ1) is 29.5. The van der Waals surface area contributed by atoms with Crippen LogP contribution in [0.3, 0.4) is 0 Å². The third-order valence-electron chi connectivity index (χ3n) is 7.86. The first-order valence-corrected chi connectivity index (χ1v) is 15.6. The maximum atomic E-state index is 14.1. The highest BCUT2D eigenvalue weighted by atomic mass is 32.2. The highest BCUT2D eigenvalue weighted by molar-refractivity contribution is 8.00. The van der Waals surface area contributed by atoms with Crippen molar-refractivity contribution in [1.82, 2.24) is 4.57 Å². The van der Waals surface area contributed by atoms with Crippen LogP contribution in [0.4, 0.5) is 17.1 Å². The van der Waals surface area contributed by atoms with Gasteiger partial charge in [-0.3, -0.25) is 33.9 Å². The van der Waals surface area contributed by atoms with Crippen LogP contribution < -0.4 is 15.1 Å². The molecule has 2 aliphatic rings. The van der Waals surface area contributed by atoms with Gasteiger partial charge in [0.15, 0.2) is 0 Å². The van der Waals surface area contributed by atoms with Crippen molar-refractivity contribution in [3.63, 3.8) is 0 Å². The molecule has 2 aliphatic heterocycles. The Morgan fingerprint density at radius 1 is 0.932 bits per heavy atom. The van der Waals surface area contributed by atoms with Gasteiger partial charge in [0, 0.05) is 28.6 Å². The van der Waals surface area contributed by atoms with Gasteiger partial charge < -0.3 is 5.32 Å². The van der Waals surface area contributed by atoms with Crippen molar-refractivity contribution in [1.29, 1.82) is 0 Å². The topological polar surface area (TPSA) is 132 Å². The zero-order valence-corrected chi connectivity index (χ0v) is 25.7. The molecular formula is C32H28N4O6S2. The molecular weight excluding hydrogens is 601 g/mol. The molecule has 1 fully saturated rings. The number of hydrogen-bond donors (Lipinski definition) is 1. The van der Waals surface area contributed by atoms with Gasteiger partial charge in [-0.15, -0.1) is 0 Å². The lowest BCUT2D eigenvalue weighted by atomic mass is 9.81. The van der Waals surface area contributed by atoms with Crippen LogP contribution in [0.25, 0.3) is 0 Å². The van der Waals surface area contributed by atoms with Crippen LogP contribution in [0.15, 0.2) is 88.7 Å². The second-order valence-electron chi connectivity index (χ2n) is 11.7. The Kier molecular flexibility index (Phi) is 7.50. The number of carbonyl (C=O) groups is 3. The lowest BCUT2D eigenvalue weighted by molar-refractivity contribution is -0.384. The Bertz CT molecular complexity index is 1840. The molecule has 0 unspecified atom stereocenters. The number of nitro benzene ring substituents is 1. The standard InChI is InChI=1S/C32H28N4O6S2/c1-32(2,3)19-11-9-18(10-12-19)24-25-26(29(39)35(28(25)38)21-13-15-22(16-14-21)36(41)42)43-30-27(24)44-31(40)34(30)17-23(37)33-20-7-5-4-6-8-20/h4-16,24-26H,17H2,1-3H3,(H,33,37)/t24-,25-,26+/m0/s1. The predicted octanol–water partition coefficient (Wildman–Crippen LogP) is 5.55. The molecule has 0 radical (unpaired) electrons. The summed E-state index contributed by atoms with van der Waals surface area (Å²) >= 11 is 2.10. The maximum Gasteiger partial charge on any atom is 0.308 e. The molecule has 44 heavy (non-hydrogen) atoms. The van der Waals surface area contributed by atoms with Crippen molar-refractivity contribution in [2.45, 2.75) is 48.9 Å². The summed E-state index contributed by atoms with van der Waals surface area (Å²) < 4.78 is 1.38. The molecule has 3 amide bonds. The number of thiazole rings is 1. The molecule has 1 aromatic heterocycles. The number of nitrogens with one attached hydrogen (secondary N) is 1. The number of non-ortho nitro benzene ring substituents is 1. The summed E-state index contributed by atoms with van der Waals surface area (Å²) in [6, 6.07) is 22.1. The fraction of sp³-hybridized carbons (Fsp3) is 0.250. The van der Waals surface area contributed by atoms with E-state index in [0.717, 1.165) is 39.1 Å². The number of amides is 3. The van der Waals surface area contributed by atoms with Gasteiger partial charge in [0.1, 0.15) is 11.8 Å². The average molecular weight is 629 g/mol. The minimum Gasteiger partial charge on any atom is -0.325 e. The summed E-state index contributed by atoms with van der Waals surface area (Å²) in [6.07, 6.45) is 0. The van der Waals surface area contributed by atoms with Crippen LogP contribution in [0, 0.1) is 16.0 Å².